The predicted octanol–water partition coefficient (Wildman–Crippen LogP) is 1.62. The Morgan fingerprint density at radius 3 is 2.86 bits per heavy atom. The third-order valence-corrected chi connectivity index (χ3v) is 2.81. The van der Waals surface area contributed by atoms with Gasteiger partial charge in [0.25, 0.3) is 0 Å². The van der Waals surface area contributed by atoms with Crippen LogP contribution in [0.25, 0.3) is 0 Å². The second-order valence-electron chi connectivity index (χ2n) is 3.80. The van der Waals surface area contributed by atoms with E-state index in [1.807, 2.05) is 12.1 Å². The van der Waals surface area contributed by atoms with Gasteiger partial charge in [0.1, 0.15) is 0 Å². The summed E-state index contributed by atoms with van der Waals surface area (Å²) in [5.41, 5.74) is 15.9. The molecule has 0 atom stereocenters. The summed E-state index contributed by atoms with van der Waals surface area (Å²) in [6.45, 7) is 4.28. The Labute approximate surface area is 84.7 Å². The topological polar surface area (TPSA) is 55.3 Å². The average Bonchev–Trinajstić information content (AvgIpc) is 2.16. The number of hydrogen-bond acceptors (Lipinski definition) is 3. The standard InChI is InChI=1S/C11H17N3/c1-2-14-5-3-4-8-6-9(12)7-10(13)11(8)14/h6-7H,2-5,12-13H2,1H3. The summed E-state index contributed by atoms with van der Waals surface area (Å²) in [6.07, 6.45) is 2.30. The van der Waals surface area contributed by atoms with E-state index < -0.39 is 0 Å². The average molecular weight is 191 g/mol. The van der Waals surface area contributed by atoms with E-state index in [9.17, 15) is 0 Å². The lowest BCUT2D eigenvalue weighted by molar-refractivity contribution is 0.709. The summed E-state index contributed by atoms with van der Waals surface area (Å²) in [4.78, 5) is 2.33. The highest BCUT2D eigenvalue weighted by atomic mass is 15.1. The molecule has 3 heteroatoms. The predicted molar refractivity (Wildman–Crippen MR) is 61.5 cm³/mol. The second kappa shape index (κ2) is 3.40. The Balaban J connectivity index is 2.51. The van der Waals surface area contributed by atoms with Gasteiger partial charge in [-0.25, -0.2) is 0 Å². The van der Waals surface area contributed by atoms with E-state index in [4.69, 9.17) is 11.5 Å². The molecule has 2 rings (SSSR count). The molecule has 0 aliphatic carbocycles. The van der Waals surface area contributed by atoms with Crippen molar-refractivity contribution >= 4 is 17.1 Å². The minimum absolute atomic E-state index is 0.777. The molecule has 0 unspecified atom stereocenters. The van der Waals surface area contributed by atoms with Gasteiger partial charge in [-0.15, -0.1) is 0 Å². The molecule has 0 saturated carbocycles. The van der Waals surface area contributed by atoms with Crippen LogP contribution in [0.2, 0.25) is 0 Å². The van der Waals surface area contributed by atoms with Crippen LogP contribution in [0.5, 0.6) is 0 Å². The van der Waals surface area contributed by atoms with Gasteiger partial charge in [0.2, 0.25) is 0 Å². The lowest BCUT2D eigenvalue weighted by Gasteiger charge is -2.31. The number of fused-ring (bicyclic) bond motifs is 1. The lowest BCUT2D eigenvalue weighted by Crippen LogP contribution is -2.29. The molecular formula is C11H17N3. The van der Waals surface area contributed by atoms with E-state index in [2.05, 4.69) is 11.8 Å². The number of nitrogens with zero attached hydrogens (tertiary/aromatic N) is 1. The number of hydrogen-bond donors (Lipinski definition) is 2. The Bertz CT molecular complexity index is 347. The molecule has 0 aromatic heterocycles. The number of nitrogens with two attached hydrogens (primary N) is 2. The van der Waals surface area contributed by atoms with Gasteiger partial charge in [-0.1, -0.05) is 0 Å². The minimum atomic E-state index is 0.777. The molecule has 0 amide bonds. The third-order valence-electron chi connectivity index (χ3n) is 2.81. The molecule has 1 aliphatic rings. The zero-order valence-corrected chi connectivity index (χ0v) is 8.59. The normalized spacial score (nSPS) is 15.4. The highest BCUT2D eigenvalue weighted by molar-refractivity contribution is 5.76. The van der Waals surface area contributed by atoms with E-state index in [1.54, 1.807) is 0 Å². The largest absolute Gasteiger partial charge is 0.399 e. The fourth-order valence-corrected chi connectivity index (χ4v) is 2.21. The molecule has 1 aromatic rings. The molecule has 0 spiro atoms. The van der Waals surface area contributed by atoms with Gasteiger partial charge in [-0.2, -0.15) is 0 Å². The number of benzene rings is 1. The molecule has 1 heterocycles. The summed E-state index contributed by atoms with van der Waals surface area (Å²) in [7, 11) is 0. The van der Waals surface area contributed by atoms with Gasteiger partial charge in [0.15, 0.2) is 0 Å². The van der Waals surface area contributed by atoms with Gasteiger partial charge in [-0.05, 0) is 37.5 Å². The van der Waals surface area contributed by atoms with Crippen LogP contribution in [0.3, 0.4) is 0 Å². The first-order valence-corrected chi connectivity index (χ1v) is 5.15. The molecule has 0 fully saturated rings. The van der Waals surface area contributed by atoms with Crippen LogP contribution in [0.4, 0.5) is 17.1 Å². The first kappa shape index (κ1) is 9.19. The molecule has 76 valence electrons. The number of rotatable bonds is 1. The molecule has 1 aromatic carbocycles. The Morgan fingerprint density at radius 1 is 1.36 bits per heavy atom. The maximum Gasteiger partial charge on any atom is 0.0633 e. The Morgan fingerprint density at radius 2 is 2.14 bits per heavy atom. The summed E-state index contributed by atoms with van der Waals surface area (Å²) in [5, 5.41) is 0. The van der Waals surface area contributed by atoms with Gasteiger partial charge in [-0.3, -0.25) is 0 Å². The minimum Gasteiger partial charge on any atom is -0.399 e. The maximum atomic E-state index is 5.99. The van der Waals surface area contributed by atoms with Crippen LogP contribution in [-0.2, 0) is 6.42 Å². The van der Waals surface area contributed by atoms with Crippen LogP contribution in [-0.4, -0.2) is 13.1 Å². The van der Waals surface area contributed by atoms with Crippen LogP contribution in [0, 0.1) is 0 Å². The van der Waals surface area contributed by atoms with Crippen LogP contribution < -0.4 is 16.4 Å². The molecular weight excluding hydrogens is 174 g/mol. The summed E-state index contributed by atoms with van der Waals surface area (Å²) < 4.78 is 0. The number of aryl methyl sites for hydroxylation is 1. The van der Waals surface area contributed by atoms with Crippen molar-refractivity contribution in [2.24, 2.45) is 0 Å². The van der Waals surface area contributed by atoms with Crippen LogP contribution in [0.15, 0.2) is 12.1 Å². The van der Waals surface area contributed by atoms with Crippen LogP contribution >= 0.6 is 0 Å². The summed E-state index contributed by atoms with van der Waals surface area (Å²) in [5.74, 6) is 0. The van der Waals surface area contributed by atoms with Crippen molar-refractivity contribution in [1.82, 2.24) is 0 Å². The zero-order valence-electron chi connectivity index (χ0n) is 8.59. The van der Waals surface area contributed by atoms with Crippen molar-refractivity contribution in [1.29, 1.82) is 0 Å². The van der Waals surface area contributed by atoms with Crippen molar-refractivity contribution in [2.45, 2.75) is 19.8 Å². The van der Waals surface area contributed by atoms with Crippen molar-refractivity contribution < 1.29 is 0 Å². The van der Waals surface area contributed by atoms with E-state index in [-0.39, 0.29) is 0 Å². The van der Waals surface area contributed by atoms with Crippen molar-refractivity contribution in [3.05, 3.63) is 17.7 Å². The SMILES string of the molecule is CCN1CCCc2cc(N)cc(N)c21. The highest BCUT2D eigenvalue weighted by Crippen LogP contribution is 2.34. The maximum absolute atomic E-state index is 5.99. The molecule has 3 nitrogen and oxygen atoms in total. The molecule has 0 radical (unpaired) electrons. The van der Waals surface area contributed by atoms with Crippen LogP contribution in [0.1, 0.15) is 18.9 Å². The Hall–Kier alpha value is -1.38. The highest BCUT2D eigenvalue weighted by Gasteiger charge is 2.18. The van der Waals surface area contributed by atoms with Crippen molar-refractivity contribution in [3.8, 4) is 0 Å². The summed E-state index contributed by atoms with van der Waals surface area (Å²) >= 11 is 0. The molecule has 1 aliphatic heterocycles. The third kappa shape index (κ3) is 1.39. The van der Waals surface area contributed by atoms with Gasteiger partial charge in [0.05, 0.1) is 11.4 Å². The van der Waals surface area contributed by atoms with Gasteiger partial charge >= 0.3 is 0 Å². The first-order valence-electron chi connectivity index (χ1n) is 5.15. The van der Waals surface area contributed by atoms with Gasteiger partial charge < -0.3 is 16.4 Å². The number of anilines is 3. The molecule has 14 heavy (non-hydrogen) atoms. The summed E-state index contributed by atoms with van der Waals surface area (Å²) in [6, 6.07) is 3.90. The second-order valence-corrected chi connectivity index (χ2v) is 3.80. The fraction of sp³-hybridized carbons (Fsp3) is 0.455. The fourth-order valence-electron chi connectivity index (χ4n) is 2.21. The van der Waals surface area contributed by atoms with E-state index >= 15 is 0 Å². The molecule has 0 saturated heterocycles. The molecule has 0 bridgehead atoms. The van der Waals surface area contributed by atoms with E-state index in [1.165, 1.54) is 17.7 Å². The van der Waals surface area contributed by atoms with Crippen molar-refractivity contribution in [3.63, 3.8) is 0 Å². The Kier molecular flexibility index (Phi) is 2.23. The van der Waals surface area contributed by atoms with Gasteiger partial charge in [0, 0.05) is 18.8 Å². The number of nitrogen functional groups attached to an aromatic ring is 2. The smallest absolute Gasteiger partial charge is 0.0633 e. The zero-order chi connectivity index (χ0) is 10.1. The molecule has 4 N–H and O–H groups in total. The monoisotopic (exact) mass is 191 g/mol. The first-order chi connectivity index (χ1) is 6.72. The van der Waals surface area contributed by atoms with E-state index in [0.717, 1.165) is 30.9 Å². The lowest BCUT2D eigenvalue weighted by atomic mass is 10.00. The van der Waals surface area contributed by atoms with E-state index in [0.29, 0.717) is 0 Å². The van der Waals surface area contributed by atoms with Crippen molar-refractivity contribution in [2.75, 3.05) is 29.5 Å². The quantitative estimate of drug-likeness (QED) is 0.663.